The maximum absolute atomic E-state index is 13.7. The van der Waals surface area contributed by atoms with Gasteiger partial charge in [0, 0.05) is 30.3 Å². The van der Waals surface area contributed by atoms with Crippen LogP contribution >= 0.6 is 24.0 Å². The van der Waals surface area contributed by atoms with Crippen molar-refractivity contribution in [1.29, 1.82) is 0 Å². The third kappa shape index (κ3) is 5.82. The minimum atomic E-state index is -1.31. The van der Waals surface area contributed by atoms with Crippen molar-refractivity contribution in [3.63, 3.8) is 0 Å². The molecule has 1 fully saturated rings. The average Bonchev–Trinajstić information content (AvgIpc) is 3.12. The van der Waals surface area contributed by atoms with Crippen molar-refractivity contribution < 1.29 is 38.5 Å². The Kier molecular flexibility index (Phi) is 7.74. The molecule has 194 valence electrons. The summed E-state index contributed by atoms with van der Waals surface area (Å²) < 4.78 is 27.1. The number of anilines is 1. The first-order chi connectivity index (χ1) is 18.0. The number of carboxylic acids is 1. The third-order valence-electron chi connectivity index (χ3n) is 5.52. The number of thioether (sulfide) groups is 1. The van der Waals surface area contributed by atoms with Gasteiger partial charge in [0.2, 0.25) is 5.91 Å². The molecule has 3 aromatic rings. The predicted octanol–water partition coefficient (Wildman–Crippen LogP) is 4.97. The second kappa shape index (κ2) is 11.0. The molecule has 0 bridgehead atoms. The van der Waals surface area contributed by atoms with Gasteiger partial charge in [-0.2, -0.15) is 0 Å². The summed E-state index contributed by atoms with van der Waals surface area (Å²) in [4.78, 5) is 37.7. The number of phenolic OH excluding ortho intramolecular Hbond substituents is 1. The van der Waals surface area contributed by atoms with Gasteiger partial charge in [0.05, 0.1) is 4.91 Å². The van der Waals surface area contributed by atoms with Crippen LogP contribution in [0.1, 0.15) is 22.3 Å². The summed E-state index contributed by atoms with van der Waals surface area (Å²) in [6, 6.07) is 11.4. The predicted molar refractivity (Wildman–Crippen MR) is 142 cm³/mol. The Hall–Kier alpha value is -4.29. The van der Waals surface area contributed by atoms with Crippen LogP contribution in [0.25, 0.3) is 17.2 Å². The topological polar surface area (TPSA) is 127 Å². The molecule has 8 nitrogen and oxygen atoms in total. The molecule has 0 unspecified atom stereocenters. The molecule has 0 saturated carbocycles. The van der Waals surface area contributed by atoms with Crippen LogP contribution in [0.2, 0.25) is 0 Å². The summed E-state index contributed by atoms with van der Waals surface area (Å²) >= 11 is 6.26. The highest BCUT2D eigenvalue weighted by atomic mass is 32.2. The SMILES string of the molecule is O=C(CCN1C(=O)/C(=C/c2cc(-c3ccc(F)c(F)c3)ccc2O)SC1=S)Nc1ccc(C(=O)O)c(O)c1. The number of benzene rings is 3. The number of hydrogen-bond donors (Lipinski definition) is 4. The van der Waals surface area contributed by atoms with E-state index < -0.39 is 35.2 Å². The number of carbonyl (C=O) groups excluding carboxylic acids is 2. The Balaban J connectivity index is 1.44. The Morgan fingerprint density at radius 3 is 2.37 bits per heavy atom. The second-order valence-electron chi connectivity index (χ2n) is 8.07. The highest BCUT2D eigenvalue weighted by Gasteiger charge is 2.32. The van der Waals surface area contributed by atoms with E-state index in [0.717, 1.165) is 36.0 Å². The van der Waals surface area contributed by atoms with Crippen LogP contribution in [0.15, 0.2) is 59.5 Å². The molecule has 1 aliphatic rings. The number of rotatable bonds is 7. The van der Waals surface area contributed by atoms with Gasteiger partial charge >= 0.3 is 5.97 Å². The zero-order valence-electron chi connectivity index (χ0n) is 19.3. The lowest BCUT2D eigenvalue weighted by molar-refractivity contribution is -0.122. The van der Waals surface area contributed by atoms with Crippen molar-refractivity contribution in [2.24, 2.45) is 0 Å². The van der Waals surface area contributed by atoms with E-state index in [1.165, 1.54) is 41.3 Å². The Morgan fingerprint density at radius 1 is 0.974 bits per heavy atom. The molecule has 0 atom stereocenters. The van der Waals surface area contributed by atoms with E-state index in [2.05, 4.69) is 5.32 Å². The molecule has 1 heterocycles. The fourth-order valence-corrected chi connectivity index (χ4v) is 4.89. The van der Waals surface area contributed by atoms with Gasteiger partial charge in [-0.05, 0) is 53.6 Å². The maximum Gasteiger partial charge on any atom is 0.339 e. The number of nitrogens with zero attached hydrogens (tertiary/aromatic N) is 1. The number of amides is 2. The van der Waals surface area contributed by atoms with E-state index in [1.807, 2.05) is 0 Å². The third-order valence-corrected chi connectivity index (χ3v) is 6.89. The molecule has 1 saturated heterocycles. The van der Waals surface area contributed by atoms with Gasteiger partial charge in [0.25, 0.3) is 5.91 Å². The molecule has 0 aliphatic carbocycles. The molecule has 38 heavy (non-hydrogen) atoms. The molecule has 4 rings (SSSR count). The molecule has 1 aliphatic heterocycles. The normalized spacial score (nSPS) is 14.3. The van der Waals surface area contributed by atoms with Crippen molar-refractivity contribution in [3.8, 4) is 22.6 Å². The van der Waals surface area contributed by atoms with E-state index in [9.17, 15) is 33.4 Å². The summed E-state index contributed by atoms with van der Waals surface area (Å²) in [6.45, 7) is -0.0477. The zero-order valence-corrected chi connectivity index (χ0v) is 20.9. The molecule has 12 heteroatoms. The Morgan fingerprint density at radius 2 is 1.68 bits per heavy atom. The number of phenols is 2. The standard InChI is InChI=1S/C26H18F2N2O6S2/c27-18-5-1-14(10-19(18)28)13-2-6-20(31)15(9-13)11-22-24(34)30(26(37)38-22)8-7-23(33)29-16-3-4-17(25(35)36)21(32)12-16/h1-6,9-12,31-32H,7-8H2,(H,29,33)(H,35,36)/b22-11-. The lowest BCUT2D eigenvalue weighted by Crippen LogP contribution is -2.31. The van der Waals surface area contributed by atoms with Crippen LogP contribution < -0.4 is 5.32 Å². The average molecular weight is 557 g/mol. The molecular formula is C26H18F2N2O6S2. The van der Waals surface area contributed by atoms with Crippen molar-refractivity contribution >= 4 is 57.8 Å². The zero-order chi connectivity index (χ0) is 27.6. The molecule has 2 amide bonds. The molecular weight excluding hydrogens is 538 g/mol. The number of nitrogens with one attached hydrogen (secondary N) is 1. The molecule has 3 aromatic carbocycles. The smallest absolute Gasteiger partial charge is 0.339 e. The fraction of sp³-hybridized carbons (Fsp3) is 0.0769. The molecule has 0 aromatic heterocycles. The monoisotopic (exact) mass is 556 g/mol. The number of carboxylic acid groups (broad SMARTS) is 1. The van der Waals surface area contributed by atoms with E-state index in [4.69, 9.17) is 17.3 Å². The van der Waals surface area contributed by atoms with Crippen molar-refractivity contribution in [2.45, 2.75) is 6.42 Å². The number of aromatic hydroxyl groups is 2. The Bertz CT molecular complexity index is 1530. The first-order valence-corrected chi connectivity index (χ1v) is 12.2. The van der Waals surface area contributed by atoms with E-state index in [-0.39, 0.29) is 44.8 Å². The number of aromatic carboxylic acids is 1. The highest BCUT2D eigenvalue weighted by Crippen LogP contribution is 2.35. The number of halogens is 2. The van der Waals surface area contributed by atoms with Crippen molar-refractivity contribution in [1.82, 2.24) is 4.90 Å². The largest absolute Gasteiger partial charge is 0.507 e. The first-order valence-electron chi connectivity index (χ1n) is 10.9. The number of hydrogen-bond acceptors (Lipinski definition) is 7. The van der Waals surface area contributed by atoms with Crippen molar-refractivity contribution in [3.05, 3.63) is 82.3 Å². The van der Waals surface area contributed by atoms with Crippen LogP contribution in [0, 0.1) is 11.6 Å². The van der Waals surface area contributed by atoms with Crippen LogP contribution in [-0.2, 0) is 9.59 Å². The van der Waals surface area contributed by atoms with Gasteiger partial charge in [-0.3, -0.25) is 14.5 Å². The number of thiocarbonyl (C=S) groups is 1. The van der Waals surface area contributed by atoms with Crippen LogP contribution in [0.5, 0.6) is 11.5 Å². The summed E-state index contributed by atoms with van der Waals surface area (Å²) in [5, 5.41) is 31.5. The molecule has 0 radical (unpaired) electrons. The van der Waals surface area contributed by atoms with Crippen LogP contribution in [0.3, 0.4) is 0 Å². The first kappa shape index (κ1) is 26.8. The molecule has 4 N–H and O–H groups in total. The van der Waals surface area contributed by atoms with E-state index >= 15 is 0 Å². The summed E-state index contributed by atoms with van der Waals surface area (Å²) in [7, 11) is 0. The van der Waals surface area contributed by atoms with Gasteiger partial charge in [0.1, 0.15) is 21.4 Å². The van der Waals surface area contributed by atoms with Gasteiger partial charge in [0.15, 0.2) is 11.6 Å². The Labute approximate surface area is 224 Å². The lowest BCUT2D eigenvalue weighted by Gasteiger charge is -2.14. The summed E-state index contributed by atoms with van der Waals surface area (Å²) in [5.74, 6) is -4.94. The summed E-state index contributed by atoms with van der Waals surface area (Å²) in [6.07, 6.45) is 1.28. The minimum Gasteiger partial charge on any atom is -0.507 e. The van der Waals surface area contributed by atoms with Gasteiger partial charge < -0.3 is 20.6 Å². The quantitative estimate of drug-likeness (QED) is 0.237. The van der Waals surface area contributed by atoms with Crippen LogP contribution in [-0.4, -0.2) is 48.9 Å². The molecule has 0 spiro atoms. The number of carbonyl (C=O) groups is 3. The van der Waals surface area contributed by atoms with Crippen LogP contribution in [0.4, 0.5) is 14.5 Å². The minimum absolute atomic E-state index is 0.0477. The highest BCUT2D eigenvalue weighted by molar-refractivity contribution is 8.26. The lowest BCUT2D eigenvalue weighted by atomic mass is 10.0. The second-order valence-corrected chi connectivity index (χ2v) is 9.75. The van der Waals surface area contributed by atoms with E-state index in [1.54, 1.807) is 0 Å². The fourth-order valence-electron chi connectivity index (χ4n) is 3.59. The van der Waals surface area contributed by atoms with Crippen molar-refractivity contribution in [2.75, 3.05) is 11.9 Å². The van der Waals surface area contributed by atoms with Gasteiger partial charge in [-0.1, -0.05) is 36.1 Å². The summed E-state index contributed by atoms with van der Waals surface area (Å²) in [5.41, 5.74) is 0.994. The van der Waals surface area contributed by atoms with Gasteiger partial charge in [-0.25, -0.2) is 13.6 Å². The van der Waals surface area contributed by atoms with E-state index in [0.29, 0.717) is 11.1 Å². The maximum atomic E-state index is 13.7. The van der Waals surface area contributed by atoms with Gasteiger partial charge in [-0.15, -0.1) is 0 Å².